The number of nitrogens with one attached hydrogen (secondary N) is 3. The molecule has 0 saturated heterocycles. The molecule has 2 amide bonds. The summed E-state index contributed by atoms with van der Waals surface area (Å²) in [5, 5.41) is 2.59. The van der Waals surface area contributed by atoms with Gasteiger partial charge in [-0.15, -0.1) is 0 Å². The zero-order chi connectivity index (χ0) is 24.9. The molecule has 3 aromatic rings. The average molecular weight is 490 g/mol. The fraction of sp³-hybridized carbons (Fsp3) is 0.250. The van der Waals surface area contributed by atoms with Gasteiger partial charge in [-0.25, -0.2) is 0 Å². The first-order chi connectivity index (χ1) is 17.1. The number of hydrogen-bond acceptors (Lipinski definition) is 4. The largest absolute Gasteiger partial charge is 0.493 e. The fourth-order valence-corrected chi connectivity index (χ4v) is 3.81. The lowest BCUT2D eigenvalue weighted by Gasteiger charge is -2.19. The normalized spacial score (nSPS) is 10.5. The van der Waals surface area contributed by atoms with Crippen molar-refractivity contribution in [3.63, 3.8) is 0 Å². The lowest BCUT2D eigenvalue weighted by Crippen LogP contribution is -2.49. The van der Waals surface area contributed by atoms with Crippen LogP contribution >= 0.6 is 12.2 Å². The summed E-state index contributed by atoms with van der Waals surface area (Å²) in [5.74, 6) is -0.745. The van der Waals surface area contributed by atoms with Crippen molar-refractivity contribution in [2.75, 3.05) is 6.61 Å². The summed E-state index contributed by atoms with van der Waals surface area (Å²) in [4.78, 5) is 25.9. The summed E-state index contributed by atoms with van der Waals surface area (Å²) in [6.07, 6.45) is 4.33. The van der Waals surface area contributed by atoms with Crippen LogP contribution in [0.25, 0.3) is 0 Å². The lowest BCUT2D eigenvalue weighted by atomic mass is 9.91. The van der Waals surface area contributed by atoms with Crippen LogP contribution in [0.1, 0.15) is 60.0 Å². The Morgan fingerprint density at radius 3 is 2.03 bits per heavy atom. The lowest BCUT2D eigenvalue weighted by molar-refractivity contribution is -0.122. The molecule has 0 aromatic heterocycles. The summed E-state index contributed by atoms with van der Waals surface area (Å²) in [7, 11) is 0. The number of thiocarbonyl (C=S) groups is 1. The Kier molecular flexibility index (Phi) is 10.3. The van der Waals surface area contributed by atoms with E-state index >= 15 is 0 Å². The summed E-state index contributed by atoms with van der Waals surface area (Å²) >= 11 is 5.25. The van der Waals surface area contributed by atoms with Crippen molar-refractivity contribution >= 4 is 29.1 Å². The fourth-order valence-electron chi connectivity index (χ4n) is 3.67. The number of rotatable bonds is 10. The summed E-state index contributed by atoms with van der Waals surface area (Å²) in [6.45, 7) is 2.70. The third-order valence-corrected chi connectivity index (χ3v) is 5.65. The van der Waals surface area contributed by atoms with Crippen LogP contribution in [0.4, 0.5) is 0 Å². The van der Waals surface area contributed by atoms with Crippen LogP contribution in [-0.2, 0) is 4.79 Å². The van der Waals surface area contributed by atoms with E-state index in [1.165, 1.54) is 0 Å². The molecule has 6 nitrogen and oxygen atoms in total. The van der Waals surface area contributed by atoms with E-state index in [4.69, 9.17) is 17.0 Å². The first-order valence-electron chi connectivity index (χ1n) is 11.8. The van der Waals surface area contributed by atoms with E-state index < -0.39 is 11.8 Å². The molecule has 7 heteroatoms. The zero-order valence-electron chi connectivity index (χ0n) is 19.8. The SMILES string of the molecule is CCCCCCOc1ccccc1C(=O)NC(=S)NNC(=O)C(c1ccccc1)c1ccccc1. The number of para-hydroxylation sites is 1. The molecule has 3 rings (SSSR count). The van der Waals surface area contributed by atoms with Gasteiger partial charge in [0, 0.05) is 0 Å². The second-order valence-corrected chi connectivity index (χ2v) is 8.47. The van der Waals surface area contributed by atoms with E-state index in [2.05, 4.69) is 23.1 Å². The Hall–Kier alpha value is -3.71. The minimum Gasteiger partial charge on any atom is -0.493 e. The maximum atomic E-state index is 13.1. The maximum absolute atomic E-state index is 13.1. The van der Waals surface area contributed by atoms with E-state index in [0.29, 0.717) is 17.9 Å². The summed E-state index contributed by atoms with van der Waals surface area (Å²) in [6, 6.07) is 26.0. The van der Waals surface area contributed by atoms with Crippen molar-refractivity contribution in [3.05, 3.63) is 102 Å². The highest BCUT2D eigenvalue weighted by molar-refractivity contribution is 7.80. The second kappa shape index (κ2) is 13.9. The monoisotopic (exact) mass is 489 g/mol. The van der Waals surface area contributed by atoms with Gasteiger partial charge in [0.05, 0.1) is 18.1 Å². The van der Waals surface area contributed by atoms with Crippen LogP contribution in [-0.4, -0.2) is 23.5 Å². The number of hydrogen-bond donors (Lipinski definition) is 3. The van der Waals surface area contributed by atoms with Crippen molar-refractivity contribution < 1.29 is 14.3 Å². The van der Waals surface area contributed by atoms with Gasteiger partial charge < -0.3 is 4.74 Å². The molecule has 35 heavy (non-hydrogen) atoms. The molecular formula is C28H31N3O3S. The van der Waals surface area contributed by atoms with Crippen LogP contribution in [0, 0.1) is 0 Å². The Morgan fingerprint density at radius 1 is 0.800 bits per heavy atom. The predicted molar refractivity (Wildman–Crippen MR) is 142 cm³/mol. The van der Waals surface area contributed by atoms with E-state index in [-0.39, 0.29) is 11.0 Å². The van der Waals surface area contributed by atoms with Crippen molar-refractivity contribution in [2.24, 2.45) is 0 Å². The van der Waals surface area contributed by atoms with E-state index in [1.54, 1.807) is 18.2 Å². The molecule has 0 unspecified atom stereocenters. The molecule has 3 N–H and O–H groups in total. The smallest absolute Gasteiger partial charge is 0.261 e. The molecule has 3 aromatic carbocycles. The molecular weight excluding hydrogens is 458 g/mol. The number of hydrazine groups is 1. The highest BCUT2D eigenvalue weighted by Gasteiger charge is 2.23. The Morgan fingerprint density at radius 2 is 1.40 bits per heavy atom. The third kappa shape index (κ3) is 7.93. The number of unbranched alkanes of at least 4 members (excludes halogenated alkanes) is 3. The van der Waals surface area contributed by atoms with Gasteiger partial charge in [-0.3, -0.25) is 25.8 Å². The Balaban J connectivity index is 1.58. The molecule has 0 fully saturated rings. The first-order valence-corrected chi connectivity index (χ1v) is 12.2. The van der Waals surface area contributed by atoms with Gasteiger partial charge >= 0.3 is 0 Å². The molecule has 0 aliphatic heterocycles. The molecule has 0 bridgehead atoms. The van der Waals surface area contributed by atoms with E-state index in [9.17, 15) is 9.59 Å². The summed E-state index contributed by atoms with van der Waals surface area (Å²) < 4.78 is 5.82. The topological polar surface area (TPSA) is 79.5 Å². The highest BCUT2D eigenvalue weighted by Crippen LogP contribution is 2.24. The van der Waals surface area contributed by atoms with E-state index in [0.717, 1.165) is 36.8 Å². The average Bonchev–Trinajstić information content (AvgIpc) is 2.89. The second-order valence-electron chi connectivity index (χ2n) is 8.06. The van der Waals surface area contributed by atoms with Crippen molar-refractivity contribution in [3.8, 4) is 5.75 Å². The van der Waals surface area contributed by atoms with Gasteiger partial charge in [0.1, 0.15) is 5.75 Å². The number of carbonyl (C=O) groups is 2. The van der Waals surface area contributed by atoms with Crippen LogP contribution in [0.15, 0.2) is 84.9 Å². The van der Waals surface area contributed by atoms with Crippen molar-refractivity contribution in [1.82, 2.24) is 16.2 Å². The Bertz CT molecular complexity index is 1070. The third-order valence-electron chi connectivity index (χ3n) is 5.44. The molecule has 0 spiro atoms. The molecule has 0 aliphatic rings. The van der Waals surface area contributed by atoms with Gasteiger partial charge in [0.15, 0.2) is 5.11 Å². The molecule has 0 heterocycles. The minimum absolute atomic E-state index is 0.0130. The van der Waals surface area contributed by atoms with Crippen LogP contribution in [0.5, 0.6) is 5.75 Å². The molecule has 0 radical (unpaired) electrons. The molecule has 182 valence electrons. The first kappa shape index (κ1) is 25.9. The van der Waals surface area contributed by atoms with Crippen molar-refractivity contribution in [1.29, 1.82) is 0 Å². The molecule has 0 atom stereocenters. The van der Waals surface area contributed by atoms with Gasteiger partial charge in [-0.2, -0.15) is 0 Å². The molecule has 0 saturated carbocycles. The van der Waals surface area contributed by atoms with E-state index in [1.807, 2.05) is 66.7 Å². The quantitative estimate of drug-likeness (QED) is 0.209. The standard InChI is InChI=1S/C28H31N3O3S/c1-2-3-4-13-20-34-24-19-12-11-18-23(24)26(32)29-28(35)31-30-27(33)25(21-14-7-5-8-15-21)22-16-9-6-10-17-22/h5-12,14-19,25H,2-4,13,20H2,1H3,(H,30,33)(H2,29,31,32,35). The number of benzene rings is 3. The van der Waals surface area contributed by atoms with Gasteiger partial charge in [-0.05, 0) is 41.9 Å². The summed E-state index contributed by atoms with van der Waals surface area (Å²) in [5.41, 5.74) is 7.35. The highest BCUT2D eigenvalue weighted by atomic mass is 32.1. The van der Waals surface area contributed by atoms with Crippen molar-refractivity contribution in [2.45, 2.75) is 38.5 Å². The predicted octanol–water partition coefficient (Wildman–Crippen LogP) is 5.11. The van der Waals surface area contributed by atoms with Crippen LogP contribution < -0.4 is 20.9 Å². The zero-order valence-corrected chi connectivity index (χ0v) is 20.6. The molecule has 0 aliphatic carbocycles. The maximum Gasteiger partial charge on any atom is 0.261 e. The number of carbonyl (C=O) groups excluding carboxylic acids is 2. The van der Waals surface area contributed by atoms with Crippen LogP contribution in [0.2, 0.25) is 0 Å². The van der Waals surface area contributed by atoms with Gasteiger partial charge in [-0.1, -0.05) is 99.0 Å². The number of ether oxygens (including phenoxy) is 1. The number of amides is 2. The Labute approximate surface area is 212 Å². The minimum atomic E-state index is -0.537. The van der Waals surface area contributed by atoms with Crippen LogP contribution in [0.3, 0.4) is 0 Å². The van der Waals surface area contributed by atoms with Gasteiger partial charge in [0.25, 0.3) is 5.91 Å². The van der Waals surface area contributed by atoms with Gasteiger partial charge in [0.2, 0.25) is 5.91 Å².